The van der Waals surface area contributed by atoms with Crippen molar-refractivity contribution in [1.29, 1.82) is 5.26 Å². The first kappa shape index (κ1) is 24.5. The predicted octanol–water partition coefficient (Wildman–Crippen LogP) is 6.40. The Balaban J connectivity index is 1.41. The van der Waals surface area contributed by atoms with Crippen LogP contribution in [0.2, 0.25) is 0 Å². The zero-order valence-electron chi connectivity index (χ0n) is 22.8. The van der Waals surface area contributed by atoms with Crippen LogP contribution in [0.5, 0.6) is 11.6 Å². The first-order chi connectivity index (χ1) is 20.0. The molecule has 41 heavy (non-hydrogen) atoms. The van der Waals surface area contributed by atoms with Crippen molar-refractivity contribution < 1.29 is 4.74 Å². The number of nitrogens with zero attached hydrogens (tertiary/aromatic N) is 7. The number of anilines is 1. The van der Waals surface area contributed by atoms with Gasteiger partial charge in [-0.3, -0.25) is 0 Å². The number of hydrogen-bond acceptors (Lipinski definition) is 7. The number of aryl methyl sites for hydroxylation is 1. The van der Waals surface area contributed by atoms with Crippen molar-refractivity contribution in [3.8, 4) is 17.7 Å². The summed E-state index contributed by atoms with van der Waals surface area (Å²) in [5.41, 5.74) is 7.47. The standard InChI is InChI=1S/C33H25N7O/c1-20-9-12-23-13-16-26-27(22-7-5-4-6-8-22)28-32-37-31(24(18-34)17-21-10-14-25(15-11-21)39(2)3)38-40(32)19-35-33(28)41-30(26)29(23)36-20/h4-17,19,27H,1-3H3/b24-17+. The molecule has 0 aliphatic carbocycles. The summed E-state index contributed by atoms with van der Waals surface area (Å²) >= 11 is 0. The highest BCUT2D eigenvalue weighted by atomic mass is 16.5. The topological polar surface area (TPSA) is 92.2 Å². The van der Waals surface area contributed by atoms with Crippen LogP contribution < -0.4 is 9.64 Å². The summed E-state index contributed by atoms with van der Waals surface area (Å²) in [5.74, 6) is 1.26. The van der Waals surface area contributed by atoms with Gasteiger partial charge in [-0.05, 0) is 42.3 Å². The first-order valence-corrected chi connectivity index (χ1v) is 13.3. The largest absolute Gasteiger partial charge is 0.436 e. The van der Waals surface area contributed by atoms with Crippen LogP contribution >= 0.6 is 0 Å². The highest BCUT2D eigenvalue weighted by Gasteiger charge is 2.34. The number of nitriles is 1. The summed E-state index contributed by atoms with van der Waals surface area (Å²) in [6, 6.07) is 28.7. The average Bonchev–Trinajstić information content (AvgIpc) is 3.44. The van der Waals surface area contributed by atoms with Crippen molar-refractivity contribution in [3.63, 3.8) is 0 Å². The van der Waals surface area contributed by atoms with Crippen molar-refractivity contribution in [2.45, 2.75) is 12.8 Å². The second-order valence-corrected chi connectivity index (χ2v) is 10.3. The van der Waals surface area contributed by atoms with E-state index < -0.39 is 0 Å². The summed E-state index contributed by atoms with van der Waals surface area (Å²) in [6.07, 6.45) is 3.39. The summed E-state index contributed by atoms with van der Waals surface area (Å²) in [5, 5.41) is 15.7. The maximum absolute atomic E-state index is 10.1. The lowest BCUT2D eigenvalue weighted by atomic mass is 9.83. The van der Waals surface area contributed by atoms with Crippen LogP contribution in [0.15, 0.2) is 85.2 Å². The van der Waals surface area contributed by atoms with E-state index in [1.807, 2.05) is 74.4 Å². The highest BCUT2D eigenvalue weighted by Crippen LogP contribution is 2.49. The normalized spacial score (nSPS) is 14.3. The summed E-state index contributed by atoms with van der Waals surface area (Å²) in [4.78, 5) is 16.4. The number of ether oxygens (including phenoxy) is 1. The fourth-order valence-electron chi connectivity index (χ4n) is 5.34. The zero-order valence-corrected chi connectivity index (χ0v) is 22.8. The maximum Gasteiger partial charge on any atom is 0.228 e. The monoisotopic (exact) mass is 535 g/mol. The lowest BCUT2D eigenvalue weighted by Crippen LogP contribution is -2.15. The van der Waals surface area contributed by atoms with E-state index in [9.17, 15) is 5.26 Å². The molecule has 7 rings (SSSR count). The van der Waals surface area contributed by atoms with E-state index in [-0.39, 0.29) is 5.92 Å². The molecule has 1 aliphatic rings. The highest BCUT2D eigenvalue weighted by molar-refractivity contribution is 5.89. The molecule has 8 nitrogen and oxygen atoms in total. The van der Waals surface area contributed by atoms with Gasteiger partial charge in [-0.2, -0.15) is 5.26 Å². The van der Waals surface area contributed by atoms with E-state index in [1.165, 1.54) is 0 Å². The van der Waals surface area contributed by atoms with Gasteiger partial charge in [0, 0.05) is 42.3 Å². The predicted molar refractivity (Wildman–Crippen MR) is 159 cm³/mol. The molecular weight excluding hydrogens is 510 g/mol. The van der Waals surface area contributed by atoms with Gasteiger partial charge < -0.3 is 9.64 Å². The molecule has 8 heteroatoms. The number of hydrogen-bond donors (Lipinski definition) is 0. The van der Waals surface area contributed by atoms with E-state index in [0.717, 1.165) is 44.5 Å². The molecular formula is C33H25N7O. The summed E-state index contributed by atoms with van der Waals surface area (Å²) in [6.45, 7) is 1.97. The van der Waals surface area contributed by atoms with Gasteiger partial charge in [0.05, 0.1) is 11.1 Å². The van der Waals surface area contributed by atoms with E-state index >= 15 is 0 Å². The molecule has 0 saturated carbocycles. The van der Waals surface area contributed by atoms with Gasteiger partial charge in [-0.25, -0.2) is 19.5 Å². The smallest absolute Gasteiger partial charge is 0.228 e. The molecule has 0 radical (unpaired) electrons. The van der Waals surface area contributed by atoms with Gasteiger partial charge in [-0.15, -0.1) is 5.10 Å². The first-order valence-electron chi connectivity index (χ1n) is 13.3. The number of pyridine rings is 1. The Morgan fingerprint density at radius 1 is 0.976 bits per heavy atom. The molecule has 0 saturated heterocycles. The number of aromatic nitrogens is 5. The molecule has 198 valence electrons. The second-order valence-electron chi connectivity index (χ2n) is 10.3. The van der Waals surface area contributed by atoms with Gasteiger partial charge in [0.2, 0.25) is 5.88 Å². The summed E-state index contributed by atoms with van der Waals surface area (Å²) in [7, 11) is 3.98. The third kappa shape index (κ3) is 4.15. The van der Waals surface area contributed by atoms with Crippen molar-refractivity contribution in [3.05, 3.63) is 119 Å². The van der Waals surface area contributed by atoms with Gasteiger partial charge in [0.15, 0.2) is 17.2 Å². The fraction of sp³-hybridized carbons (Fsp3) is 0.121. The van der Waals surface area contributed by atoms with Crippen molar-refractivity contribution in [2.75, 3.05) is 19.0 Å². The lowest BCUT2D eigenvalue weighted by Gasteiger charge is -2.28. The third-order valence-electron chi connectivity index (χ3n) is 7.39. The van der Waals surface area contributed by atoms with E-state index in [1.54, 1.807) is 16.9 Å². The molecule has 0 bridgehead atoms. The molecule has 1 aliphatic heterocycles. The maximum atomic E-state index is 10.1. The van der Waals surface area contributed by atoms with E-state index in [2.05, 4.69) is 46.5 Å². The molecule has 4 heterocycles. The molecule has 0 spiro atoms. The zero-order chi connectivity index (χ0) is 28.1. The number of rotatable bonds is 4. The van der Waals surface area contributed by atoms with Crippen LogP contribution in [-0.2, 0) is 0 Å². The number of allylic oxidation sites excluding steroid dienone is 1. The SMILES string of the molecule is Cc1ccc2ccc3c(c2n1)Oc1ncn2nc(/C(C#N)=C/c4ccc(N(C)C)cc4)nc2c1C3c1ccccc1. The minimum Gasteiger partial charge on any atom is -0.436 e. The van der Waals surface area contributed by atoms with Crippen molar-refractivity contribution in [2.24, 2.45) is 0 Å². The molecule has 3 aromatic heterocycles. The molecule has 1 atom stereocenters. The van der Waals surface area contributed by atoms with E-state index in [4.69, 9.17) is 14.7 Å². The third-order valence-corrected chi connectivity index (χ3v) is 7.39. The van der Waals surface area contributed by atoms with Crippen LogP contribution in [0.3, 0.4) is 0 Å². The molecule has 0 N–H and O–H groups in total. The minimum absolute atomic E-state index is 0.219. The van der Waals surface area contributed by atoms with Gasteiger partial charge in [-0.1, -0.05) is 60.7 Å². The van der Waals surface area contributed by atoms with Crippen LogP contribution in [0, 0.1) is 18.3 Å². The van der Waals surface area contributed by atoms with Gasteiger partial charge in [0.25, 0.3) is 0 Å². The molecule has 6 aromatic rings. The van der Waals surface area contributed by atoms with Crippen molar-refractivity contribution in [1.82, 2.24) is 24.6 Å². The second kappa shape index (κ2) is 9.57. The van der Waals surface area contributed by atoms with Crippen LogP contribution in [0.4, 0.5) is 5.69 Å². The van der Waals surface area contributed by atoms with Crippen LogP contribution in [0.25, 0.3) is 28.2 Å². The Morgan fingerprint density at radius 3 is 2.51 bits per heavy atom. The average molecular weight is 536 g/mol. The Bertz CT molecular complexity index is 2020. The Kier molecular flexibility index (Phi) is 5.72. The van der Waals surface area contributed by atoms with Crippen LogP contribution in [-0.4, -0.2) is 38.7 Å². The molecule has 0 fully saturated rings. The summed E-state index contributed by atoms with van der Waals surface area (Å²) < 4.78 is 8.12. The number of benzene rings is 3. The van der Waals surface area contributed by atoms with Gasteiger partial charge in [0.1, 0.15) is 17.9 Å². The lowest BCUT2D eigenvalue weighted by molar-refractivity contribution is 0.436. The van der Waals surface area contributed by atoms with E-state index in [0.29, 0.717) is 28.7 Å². The number of fused-ring (bicyclic) bond motifs is 6. The van der Waals surface area contributed by atoms with Crippen LogP contribution in [0.1, 0.15) is 39.7 Å². The van der Waals surface area contributed by atoms with Gasteiger partial charge >= 0.3 is 0 Å². The Morgan fingerprint density at radius 2 is 1.76 bits per heavy atom. The Labute approximate surface area is 236 Å². The Hall–Kier alpha value is -5.55. The fourth-order valence-corrected chi connectivity index (χ4v) is 5.34. The molecule has 1 unspecified atom stereocenters. The minimum atomic E-state index is -0.219. The molecule has 3 aromatic carbocycles. The molecule has 0 amide bonds. The quantitative estimate of drug-likeness (QED) is 0.241. The van der Waals surface area contributed by atoms with Crippen molar-refractivity contribution >= 4 is 33.9 Å².